The number of urea groups is 1. The van der Waals surface area contributed by atoms with Crippen molar-refractivity contribution >= 4 is 23.1 Å². The molecule has 0 aliphatic carbocycles. The van der Waals surface area contributed by atoms with Gasteiger partial charge >= 0.3 is 6.03 Å². The number of nitrogens with zero attached hydrogens (tertiary/aromatic N) is 1. The number of hydrogen-bond donors (Lipinski definition) is 1. The standard InChI is InChI=1S/C15H14F2N2OS/c1-9-11-5-7-21-14(11)4-6-19(9)15(20)18-13-3-2-10(16)8-12(13)17/h2-3,5,7-9H,4,6H2,1H3,(H,18,20)/t9-/m1/s1. The molecular formula is C15H14F2N2OS. The molecule has 1 aliphatic rings. The number of benzene rings is 1. The van der Waals surface area contributed by atoms with Crippen molar-refractivity contribution in [2.75, 3.05) is 11.9 Å². The van der Waals surface area contributed by atoms with Gasteiger partial charge in [-0.2, -0.15) is 0 Å². The zero-order chi connectivity index (χ0) is 15.0. The molecule has 3 nitrogen and oxygen atoms in total. The highest BCUT2D eigenvalue weighted by Crippen LogP contribution is 2.33. The summed E-state index contributed by atoms with van der Waals surface area (Å²) in [7, 11) is 0. The van der Waals surface area contributed by atoms with Gasteiger partial charge in [-0.3, -0.25) is 0 Å². The second kappa shape index (κ2) is 5.44. The van der Waals surface area contributed by atoms with Gasteiger partial charge in [0.15, 0.2) is 0 Å². The summed E-state index contributed by atoms with van der Waals surface area (Å²) in [5.41, 5.74) is 1.13. The maximum Gasteiger partial charge on any atom is 0.322 e. The van der Waals surface area contributed by atoms with Gasteiger partial charge in [0, 0.05) is 17.5 Å². The first-order valence-electron chi connectivity index (χ1n) is 6.65. The van der Waals surface area contributed by atoms with Crippen LogP contribution in [0.25, 0.3) is 0 Å². The number of nitrogens with one attached hydrogen (secondary N) is 1. The molecule has 1 N–H and O–H groups in total. The fraction of sp³-hybridized carbons (Fsp3) is 0.267. The van der Waals surface area contributed by atoms with Crippen LogP contribution in [0.1, 0.15) is 23.4 Å². The third-order valence-electron chi connectivity index (χ3n) is 3.71. The van der Waals surface area contributed by atoms with Crippen LogP contribution in [0.2, 0.25) is 0 Å². The fourth-order valence-corrected chi connectivity index (χ4v) is 3.53. The molecule has 1 aromatic carbocycles. The Bertz CT molecular complexity index is 686. The monoisotopic (exact) mass is 308 g/mol. The highest BCUT2D eigenvalue weighted by atomic mass is 32.1. The quantitative estimate of drug-likeness (QED) is 0.842. The van der Waals surface area contributed by atoms with Crippen LogP contribution in [0.3, 0.4) is 0 Å². The number of thiophene rings is 1. The molecule has 110 valence electrons. The summed E-state index contributed by atoms with van der Waals surface area (Å²) in [6.45, 7) is 2.54. The minimum atomic E-state index is -0.774. The molecule has 3 rings (SSSR count). The Morgan fingerprint density at radius 3 is 2.95 bits per heavy atom. The van der Waals surface area contributed by atoms with E-state index in [-0.39, 0.29) is 17.8 Å². The Kier molecular flexibility index (Phi) is 3.63. The molecule has 0 fully saturated rings. The van der Waals surface area contributed by atoms with E-state index in [0.717, 1.165) is 24.1 Å². The van der Waals surface area contributed by atoms with E-state index < -0.39 is 11.6 Å². The summed E-state index contributed by atoms with van der Waals surface area (Å²) >= 11 is 1.69. The Hall–Kier alpha value is -1.95. The molecule has 0 spiro atoms. The second-order valence-corrected chi connectivity index (χ2v) is 5.97. The van der Waals surface area contributed by atoms with E-state index in [1.165, 1.54) is 10.9 Å². The minimum absolute atomic E-state index is 0.00952. The van der Waals surface area contributed by atoms with Crippen molar-refractivity contribution < 1.29 is 13.6 Å². The fourth-order valence-electron chi connectivity index (χ4n) is 2.56. The molecule has 6 heteroatoms. The molecule has 0 unspecified atom stereocenters. The number of rotatable bonds is 1. The Labute approximate surface area is 125 Å². The van der Waals surface area contributed by atoms with Crippen LogP contribution in [-0.4, -0.2) is 17.5 Å². The summed E-state index contributed by atoms with van der Waals surface area (Å²) in [6.07, 6.45) is 0.802. The molecule has 2 aromatic rings. The zero-order valence-electron chi connectivity index (χ0n) is 11.4. The lowest BCUT2D eigenvalue weighted by Crippen LogP contribution is -2.41. The van der Waals surface area contributed by atoms with Crippen LogP contribution >= 0.6 is 11.3 Å². The molecule has 2 amide bonds. The van der Waals surface area contributed by atoms with Gasteiger partial charge in [-0.05, 0) is 42.5 Å². The van der Waals surface area contributed by atoms with E-state index in [1.54, 1.807) is 16.2 Å². The maximum atomic E-state index is 13.6. The number of amides is 2. The van der Waals surface area contributed by atoms with Crippen molar-refractivity contribution in [3.8, 4) is 0 Å². The van der Waals surface area contributed by atoms with E-state index in [1.807, 2.05) is 18.4 Å². The van der Waals surface area contributed by atoms with Crippen LogP contribution in [0.4, 0.5) is 19.3 Å². The van der Waals surface area contributed by atoms with Crippen LogP contribution in [0.15, 0.2) is 29.6 Å². The second-order valence-electron chi connectivity index (χ2n) is 4.97. The van der Waals surface area contributed by atoms with Gasteiger partial charge in [0.1, 0.15) is 11.6 Å². The van der Waals surface area contributed by atoms with Gasteiger partial charge in [0.05, 0.1) is 11.7 Å². The molecule has 0 saturated carbocycles. The lowest BCUT2D eigenvalue weighted by molar-refractivity contribution is 0.189. The van der Waals surface area contributed by atoms with E-state index in [9.17, 15) is 13.6 Å². The summed E-state index contributed by atoms with van der Waals surface area (Å²) in [6, 6.07) is 4.70. The molecule has 2 heterocycles. The van der Waals surface area contributed by atoms with Crippen molar-refractivity contribution in [3.05, 3.63) is 51.7 Å². The SMILES string of the molecule is C[C@@H]1c2ccsc2CCN1C(=O)Nc1ccc(F)cc1F. The van der Waals surface area contributed by atoms with Gasteiger partial charge in [0.25, 0.3) is 0 Å². The maximum absolute atomic E-state index is 13.6. The van der Waals surface area contributed by atoms with Crippen molar-refractivity contribution in [1.82, 2.24) is 4.90 Å². The van der Waals surface area contributed by atoms with Crippen LogP contribution < -0.4 is 5.32 Å². The minimum Gasteiger partial charge on any atom is -0.317 e. The van der Waals surface area contributed by atoms with Gasteiger partial charge < -0.3 is 10.2 Å². The van der Waals surface area contributed by atoms with E-state index in [2.05, 4.69) is 5.32 Å². The molecule has 0 radical (unpaired) electrons. The lowest BCUT2D eigenvalue weighted by atomic mass is 10.0. The van der Waals surface area contributed by atoms with Crippen LogP contribution in [0, 0.1) is 11.6 Å². The zero-order valence-corrected chi connectivity index (χ0v) is 12.2. The molecular weight excluding hydrogens is 294 g/mol. The summed E-state index contributed by atoms with van der Waals surface area (Å²) in [5.74, 6) is -1.44. The molecule has 1 aliphatic heterocycles. The summed E-state index contributed by atoms with van der Waals surface area (Å²) in [4.78, 5) is 15.3. The molecule has 1 aromatic heterocycles. The average Bonchev–Trinajstić information content (AvgIpc) is 2.91. The number of carbonyl (C=O) groups excluding carboxylic acids is 1. The number of carbonyl (C=O) groups is 1. The third kappa shape index (κ3) is 2.63. The van der Waals surface area contributed by atoms with Crippen LogP contribution in [0.5, 0.6) is 0 Å². The largest absolute Gasteiger partial charge is 0.322 e. The molecule has 0 saturated heterocycles. The predicted octanol–water partition coefficient (Wildman–Crippen LogP) is 4.18. The van der Waals surface area contributed by atoms with Gasteiger partial charge in [0.2, 0.25) is 0 Å². The van der Waals surface area contributed by atoms with Crippen molar-refractivity contribution in [3.63, 3.8) is 0 Å². The summed E-state index contributed by atoms with van der Waals surface area (Å²) < 4.78 is 26.5. The van der Waals surface area contributed by atoms with Gasteiger partial charge in [-0.25, -0.2) is 13.6 Å². The first-order valence-corrected chi connectivity index (χ1v) is 7.53. The smallest absolute Gasteiger partial charge is 0.317 e. The van der Waals surface area contributed by atoms with Crippen LogP contribution in [-0.2, 0) is 6.42 Å². The normalized spacial score (nSPS) is 17.5. The molecule has 1 atom stereocenters. The third-order valence-corrected chi connectivity index (χ3v) is 4.71. The lowest BCUT2D eigenvalue weighted by Gasteiger charge is -2.33. The van der Waals surface area contributed by atoms with Crippen molar-refractivity contribution in [2.24, 2.45) is 0 Å². The first-order chi connectivity index (χ1) is 10.1. The van der Waals surface area contributed by atoms with Crippen molar-refractivity contribution in [2.45, 2.75) is 19.4 Å². The van der Waals surface area contributed by atoms with E-state index in [4.69, 9.17) is 0 Å². The summed E-state index contributed by atoms with van der Waals surface area (Å²) in [5, 5.41) is 4.53. The van der Waals surface area contributed by atoms with Gasteiger partial charge in [-0.1, -0.05) is 0 Å². The Balaban J connectivity index is 1.77. The number of anilines is 1. The number of fused-ring (bicyclic) bond motifs is 1. The highest BCUT2D eigenvalue weighted by molar-refractivity contribution is 7.10. The highest BCUT2D eigenvalue weighted by Gasteiger charge is 2.28. The van der Waals surface area contributed by atoms with E-state index >= 15 is 0 Å². The predicted molar refractivity (Wildman–Crippen MR) is 78.5 cm³/mol. The number of halogens is 2. The molecule has 21 heavy (non-hydrogen) atoms. The first kappa shape index (κ1) is 14.0. The average molecular weight is 308 g/mol. The van der Waals surface area contributed by atoms with Crippen molar-refractivity contribution in [1.29, 1.82) is 0 Å². The Morgan fingerprint density at radius 2 is 2.19 bits per heavy atom. The Morgan fingerprint density at radius 1 is 1.38 bits per heavy atom. The topological polar surface area (TPSA) is 32.3 Å². The number of hydrogen-bond acceptors (Lipinski definition) is 2. The van der Waals surface area contributed by atoms with Gasteiger partial charge in [-0.15, -0.1) is 11.3 Å². The molecule has 0 bridgehead atoms. The van der Waals surface area contributed by atoms with E-state index in [0.29, 0.717) is 6.54 Å².